The van der Waals surface area contributed by atoms with E-state index in [0.29, 0.717) is 52.4 Å². The van der Waals surface area contributed by atoms with Gasteiger partial charge in [-0.1, -0.05) is 35.4 Å². The SMILES string of the molecule is Cc1ccc(S(=O)(=O)[N+]2(C(C)[N+]3(S(=O)(=O)c4ccc(C)cc4)CCNCCNCC3)CCNCCNCC2)cc1. The molecule has 4 N–H and O–H groups in total. The number of hydrogen-bond acceptors (Lipinski definition) is 8. The summed E-state index contributed by atoms with van der Waals surface area (Å²) in [6.07, 6.45) is -0.819. The Morgan fingerprint density at radius 1 is 0.525 bits per heavy atom. The Bertz CT molecular complexity index is 1210. The minimum atomic E-state index is -4.03. The van der Waals surface area contributed by atoms with Gasteiger partial charge in [0.05, 0.1) is 0 Å². The van der Waals surface area contributed by atoms with Crippen molar-refractivity contribution < 1.29 is 24.6 Å². The lowest BCUT2D eigenvalue weighted by Gasteiger charge is -2.49. The minimum Gasteiger partial charge on any atom is -0.310 e. The number of aryl methyl sites for hydroxylation is 2. The van der Waals surface area contributed by atoms with Gasteiger partial charge in [0.25, 0.3) is 0 Å². The first-order valence-electron chi connectivity index (χ1n) is 14.3. The molecule has 2 fully saturated rings. The van der Waals surface area contributed by atoms with Crippen molar-refractivity contribution in [1.29, 1.82) is 0 Å². The molecule has 2 saturated heterocycles. The summed E-state index contributed by atoms with van der Waals surface area (Å²) in [5, 5.41) is 13.5. The molecule has 2 aromatic carbocycles. The van der Waals surface area contributed by atoms with Gasteiger partial charge in [0.2, 0.25) is 6.17 Å². The minimum absolute atomic E-state index is 0.218. The normalized spacial score (nSPS) is 21.3. The summed E-state index contributed by atoms with van der Waals surface area (Å²) >= 11 is 0. The van der Waals surface area contributed by atoms with Crippen LogP contribution < -0.4 is 21.3 Å². The topological polar surface area (TPSA) is 116 Å². The summed E-state index contributed by atoms with van der Waals surface area (Å²) in [5.41, 5.74) is 1.93. The van der Waals surface area contributed by atoms with Gasteiger partial charge < -0.3 is 21.3 Å². The quantitative estimate of drug-likeness (QED) is 0.362. The predicted octanol–water partition coefficient (Wildman–Crippen LogP) is 0.746. The van der Waals surface area contributed by atoms with E-state index in [9.17, 15) is 16.8 Å². The van der Waals surface area contributed by atoms with E-state index in [1.165, 1.54) is 0 Å². The van der Waals surface area contributed by atoms with Crippen molar-refractivity contribution in [3.8, 4) is 0 Å². The predicted molar refractivity (Wildman–Crippen MR) is 158 cm³/mol. The van der Waals surface area contributed by atoms with Gasteiger partial charge in [-0.2, -0.15) is 24.6 Å². The monoisotopic (exact) mass is 594 g/mol. The molecule has 2 heterocycles. The Balaban J connectivity index is 1.96. The van der Waals surface area contributed by atoms with E-state index in [-0.39, 0.29) is 43.7 Å². The molecule has 40 heavy (non-hydrogen) atoms. The highest BCUT2D eigenvalue weighted by molar-refractivity contribution is 7.86. The Labute approximate surface area is 240 Å². The van der Waals surface area contributed by atoms with E-state index in [4.69, 9.17) is 0 Å². The molecule has 0 atom stereocenters. The number of rotatable bonds is 6. The van der Waals surface area contributed by atoms with E-state index in [1.807, 2.05) is 45.0 Å². The standard InChI is InChI=1S/C28H46N6O4S2/c1-24-4-8-27(9-5-24)39(35,36)33(20-16-29-12-13-30-17-21-33)26(3)34(22-18-31-14-15-32-19-23-34)40(37,38)28-10-6-25(2)7-11-28/h4-11,26,29-32H,12-23H2,1-3H3/q+2. The Morgan fingerprint density at radius 2 is 0.800 bits per heavy atom. The van der Waals surface area contributed by atoms with Gasteiger partial charge in [-0.05, 0) is 38.1 Å². The number of nitrogens with zero attached hydrogens (tertiary/aromatic N) is 2. The van der Waals surface area contributed by atoms with Crippen LogP contribution in [-0.2, 0) is 20.0 Å². The first-order chi connectivity index (χ1) is 19.1. The lowest BCUT2D eigenvalue weighted by molar-refractivity contribution is -1.02. The molecule has 222 valence electrons. The van der Waals surface area contributed by atoms with Gasteiger partial charge in [-0.25, -0.2) is 0 Å². The molecule has 12 heteroatoms. The van der Waals surface area contributed by atoms with Crippen LogP contribution in [0.5, 0.6) is 0 Å². The van der Waals surface area contributed by atoms with Crippen LogP contribution >= 0.6 is 0 Å². The van der Waals surface area contributed by atoms with E-state index in [1.54, 1.807) is 24.3 Å². The maximum atomic E-state index is 14.8. The average molecular weight is 595 g/mol. The Morgan fingerprint density at radius 3 is 1.07 bits per heavy atom. The number of nitrogens with one attached hydrogen (secondary N) is 4. The zero-order chi connectivity index (χ0) is 28.9. The molecule has 0 aromatic heterocycles. The summed E-state index contributed by atoms with van der Waals surface area (Å²) in [5.74, 6) is 0. The molecular weight excluding hydrogens is 548 g/mol. The Hall–Kier alpha value is -1.90. The summed E-state index contributed by atoms with van der Waals surface area (Å²) < 4.78 is 58.6. The highest BCUT2D eigenvalue weighted by Crippen LogP contribution is 2.37. The van der Waals surface area contributed by atoms with Crippen LogP contribution in [0, 0.1) is 13.8 Å². The van der Waals surface area contributed by atoms with Gasteiger partial charge in [0.1, 0.15) is 36.0 Å². The van der Waals surface area contributed by atoms with E-state index in [0.717, 1.165) is 11.1 Å². The van der Waals surface area contributed by atoms with Crippen molar-refractivity contribution >= 4 is 20.0 Å². The zero-order valence-corrected chi connectivity index (χ0v) is 25.7. The molecule has 0 saturated carbocycles. The van der Waals surface area contributed by atoms with Crippen molar-refractivity contribution in [2.75, 3.05) is 78.5 Å². The molecule has 0 spiro atoms. The highest BCUT2D eigenvalue weighted by atomic mass is 32.2. The second kappa shape index (κ2) is 13.0. The van der Waals surface area contributed by atoms with Crippen LogP contribution in [0.15, 0.2) is 58.3 Å². The van der Waals surface area contributed by atoms with E-state index in [2.05, 4.69) is 21.3 Å². The van der Waals surface area contributed by atoms with Crippen LogP contribution in [0.4, 0.5) is 0 Å². The van der Waals surface area contributed by atoms with Crippen molar-refractivity contribution in [3.63, 3.8) is 0 Å². The van der Waals surface area contributed by atoms with Crippen LogP contribution in [0.1, 0.15) is 18.1 Å². The van der Waals surface area contributed by atoms with Gasteiger partial charge in [0.15, 0.2) is 0 Å². The van der Waals surface area contributed by atoms with Gasteiger partial charge >= 0.3 is 20.0 Å². The maximum Gasteiger partial charge on any atom is 0.332 e. The molecule has 10 nitrogen and oxygen atoms in total. The van der Waals surface area contributed by atoms with Crippen LogP contribution in [0.25, 0.3) is 0 Å². The zero-order valence-electron chi connectivity index (χ0n) is 24.0. The summed E-state index contributed by atoms with van der Waals surface area (Å²) in [6, 6.07) is 13.9. The molecular formula is C28H46N6O4S2+2. The third kappa shape index (κ3) is 6.00. The summed E-state index contributed by atoms with van der Waals surface area (Å²) in [4.78, 5) is 0.436. The van der Waals surface area contributed by atoms with Gasteiger partial charge in [0, 0.05) is 59.3 Å². The second-order valence-electron chi connectivity index (χ2n) is 11.0. The fourth-order valence-electron chi connectivity index (χ4n) is 6.00. The maximum absolute atomic E-state index is 14.8. The summed E-state index contributed by atoms with van der Waals surface area (Å²) in [7, 11) is -8.05. The first-order valence-corrected chi connectivity index (χ1v) is 17.2. The lowest BCUT2D eigenvalue weighted by atomic mass is 10.2. The smallest absolute Gasteiger partial charge is 0.310 e. The van der Waals surface area contributed by atoms with Crippen LogP contribution in [-0.4, -0.2) is 109 Å². The first kappa shape index (κ1) is 31.0. The van der Waals surface area contributed by atoms with E-state index >= 15 is 0 Å². The largest absolute Gasteiger partial charge is 0.332 e. The molecule has 0 amide bonds. The van der Waals surface area contributed by atoms with Gasteiger partial charge in [-0.15, -0.1) is 0 Å². The van der Waals surface area contributed by atoms with Crippen LogP contribution in [0.2, 0.25) is 0 Å². The van der Waals surface area contributed by atoms with Crippen LogP contribution in [0.3, 0.4) is 0 Å². The third-order valence-corrected chi connectivity index (χ3v) is 13.6. The molecule has 0 radical (unpaired) electrons. The van der Waals surface area contributed by atoms with Crippen molar-refractivity contribution in [2.24, 2.45) is 0 Å². The Kier molecular flexibility index (Phi) is 10.1. The fourth-order valence-corrected chi connectivity index (χ4v) is 10.4. The summed E-state index contributed by atoms with van der Waals surface area (Å²) in [6.45, 7) is 11.4. The van der Waals surface area contributed by atoms with Gasteiger partial charge in [-0.3, -0.25) is 0 Å². The number of benzene rings is 2. The third-order valence-electron chi connectivity index (χ3n) is 8.58. The fraction of sp³-hybridized carbons (Fsp3) is 0.571. The average Bonchev–Trinajstić information content (AvgIpc) is 3.15. The number of sulfonamides is 2. The molecule has 2 aliphatic heterocycles. The molecule has 2 aliphatic rings. The molecule has 0 aliphatic carbocycles. The molecule has 0 bridgehead atoms. The van der Waals surface area contributed by atoms with E-state index < -0.39 is 26.2 Å². The molecule has 4 rings (SSSR count). The molecule has 2 aromatic rings. The lowest BCUT2D eigenvalue weighted by Crippen LogP contribution is -2.75. The van der Waals surface area contributed by atoms with Crippen molar-refractivity contribution in [1.82, 2.24) is 21.3 Å². The number of hydrogen-bond donors (Lipinski definition) is 4. The molecule has 0 unspecified atom stereocenters. The number of quaternary nitrogens is 2. The highest BCUT2D eigenvalue weighted by Gasteiger charge is 2.61. The second-order valence-corrected chi connectivity index (χ2v) is 15.3. The van der Waals surface area contributed by atoms with Crippen molar-refractivity contribution in [2.45, 2.75) is 36.7 Å². The van der Waals surface area contributed by atoms with Crippen molar-refractivity contribution in [3.05, 3.63) is 59.7 Å².